The Bertz CT molecular complexity index is 830. The highest BCUT2D eigenvalue weighted by Gasteiger charge is 2.30. The molecule has 6 nitrogen and oxygen atoms in total. The number of hydrogen-bond acceptors (Lipinski definition) is 5. The average molecular weight is 398 g/mol. The van der Waals surface area contributed by atoms with Crippen molar-refractivity contribution in [2.75, 3.05) is 32.7 Å². The molecule has 2 heterocycles. The van der Waals surface area contributed by atoms with Gasteiger partial charge in [-0.3, -0.25) is 4.90 Å². The van der Waals surface area contributed by atoms with Gasteiger partial charge in [0.05, 0.1) is 12.6 Å². The van der Waals surface area contributed by atoms with Crippen LogP contribution in [0.2, 0.25) is 0 Å². The molecule has 4 rings (SSSR count). The predicted octanol–water partition coefficient (Wildman–Crippen LogP) is -0.548. The Morgan fingerprint density at radius 3 is 2.18 bits per heavy atom. The molecule has 0 bridgehead atoms. The van der Waals surface area contributed by atoms with E-state index in [0.29, 0.717) is 6.54 Å². The van der Waals surface area contributed by atoms with Crippen molar-refractivity contribution >= 4 is 0 Å². The molecular formula is C21H26ClN6-. The van der Waals surface area contributed by atoms with Gasteiger partial charge in [0.1, 0.15) is 0 Å². The minimum atomic E-state index is 0. The van der Waals surface area contributed by atoms with Crippen LogP contribution in [0.15, 0.2) is 60.7 Å². The van der Waals surface area contributed by atoms with Gasteiger partial charge in [0.15, 0.2) is 5.82 Å². The summed E-state index contributed by atoms with van der Waals surface area (Å²) in [4.78, 5) is 5.00. The summed E-state index contributed by atoms with van der Waals surface area (Å²) in [6.07, 6.45) is 0. The van der Waals surface area contributed by atoms with Crippen molar-refractivity contribution in [3.05, 3.63) is 77.6 Å². The number of piperazine rings is 1. The highest BCUT2D eigenvalue weighted by molar-refractivity contribution is 5.25. The SMILES string of the molecule is CCN1CCN(C(c2ccccc2)c2nnnn2Cc2ccccc2)CC1.[Cl-]. The van der Waals surface area contributed by atoms with E-state index >= 15 is 0 Å². The molecule has 148 valence electrons. The summed E-state index contributed by atoms with van der Waals surface area (Å²) in [6.45, 7) is 8.22. The second-order valence-electron chi connectivity index (χ2n) is 6.96. The van der Waals surface area contributed by atoms with Crippen LogP contribution in [0.5, 0.6) is 0 Å². The molecule has 7 heteroatoms. The lowest BCUT2D eigenvalue weighted by Crippen LogP contribution is -3.00. The van der Waals surface area contributed by atoms with Crippen molar-refractivity contribution in [1.29, 1.82) is 0 Å². The zero-order chi connectivity index (χ0) is 18.5. The lowest BCUT2D eigenvalue weighted by molar-refractivity contribution is -0.00000569. The number of rotatable bonds is 6. The number of likely N-dealkylation sites (N-methyl/N-ethyl adjacent to an activating group) is 1. The molecule has 1 saturated heterocycles. The zero-order valence-corrected chi connectivity index (χ0v) is 16.9. The van der Waals surface area contributed by atoms with E-state index < -0.39 is 0 Å². The number of benzene rings is 2. The Hall–Kier alpha value is -2.28. The van der Waals surface area contributed by atoms with Gasteiger partial charge in [-0.25, -0.2) is 4.68 Å². The van der Waals surface area contributed by atoms with Crippen LogP contribution in [-0.4, -0.2) is 62.7 Å². The molecule has 0 spiro atoms. The van der Waals surface area contributed by atoms with E-state index in [1.54, 1.807) is 0 Å². The van der Waals surface area contributed by atoms with E-state index in [0.717, 1.165) is 38.5 Å². The lowest BCUT2D eigenvalue weighted by Gasteiger charge is -2.38. The second-order valence-corrected chi connectivity index (χ2v) is 6.96. The average Bonchev–Trinajstić information content (AvgIpc) is 3.18. The molecule has 0 saturated carbocycles. The van der Waals surface area contributed by atoms with Gasteiger partial charge in [-0.1, -0.05) is 67.6 Å². The normalized spacial score (nSPS) is 16.5. The molecular weight excluding hydrogens is 372 g/mol. The molecule has 0 amide bonds. The van der Waals surface area contributed by atoms with Gasteiger partial charge in [-0.2, -0.15) is 0 Å². The Morgan fingerprint density at radius 1 is 0.893 bits per heavy atom. The monoisotopic (exact) mass is 397 g/mol. The molecule has 1 aliphatic heterocycles. The third kappa shape index (κ3) is 4.58. The van der Waals surface area contributed by atoms with Crippen molar-refractivity contribution in [3.8, 4) is 0 Å². The maximum Gasteiger partial charge on any atom is 0.173 e. The lowest BCUT2D eigenvalue weighted by atomic mass is 10.0. The number of tetrazole rings is 1. The number of aromatic nitrogens is 4. The van der Waals surface area contributed by atoms with E-state index in [-0.39, 0.29) is 18.4 Å². The van der Waals surface area contributed by atoms with Crippen LogP contribution in [0.4, 0.5) is 0 Å². The van der Waals surface area contributed by atoms with E-state index in [2.05, 4.69) is 86.8 Å². The van der Waals surface area contributed by atoms with Gasteiger partial charge in [0, 0.05) is 26.2 Å². The van der Waals surface area contributed by atoms with Crippen molar-refractivity contribution in [1.82, 2.24) is 30.0 Å². The summed E-state index contributed by atoms with van der Waals surface area (Å²) in [5.41, 5.74) is 2.44. The largest absolute Gasteiger partial charge is 1.00 e. The topological polar surface area (TPSA) is 50.1 Å². The van der Waals surface area contributed by atoms with Crippen LogP contribution >= 0.6 is 0 Å². The van der Waals surface area contributed by atoms with Gasteiger partial charge in [0.2, 0.25) is 0 Å². The van der Waals surface area contributed by atoms with Crippen LogP contribution in [-0.2, 0) is 6.54 Å². The summed E-state index contributed by atoms with van der Waals surface area (Å²) in [7, 11) is 0. The van der Waals surface area contributed by atoms with Gasteiger partial charge < -0.3 is 17.3 Å². The zero-order valence-electron chi connectivity index (χ0n) is 16.2. The van der Waals surface area contributed by atoms with E-state index in [1.165, 1.54) is 11.1 Å². The van der Waals surface area contributed by atoms with Crippen molar-refractivity contribution in [2.24, 2.45) is 0 Å². The highest BCUT2D eigenvalue weighted by atomic mass is 35.5. The first-order valence-corrected chi connectivity index (χ1v) is 9.66. The molecule has 0 aliphatic carbocycles. The maximum atomic E-state index is 4.45. The molecule has 1 fully saturated rings. The predicted molar refractivity (Wildman–Crippen MR) is 105 cm³/mol. The summed E-state index contributed by atoms with van der Waals surface area (Å²) in [5.74, 6) is 0.912. The minimum absolute atomic E-state index is 0. The first-order chi connectivity index (χ1) is 13.3. The van der Waals surface area contributed by atoms with Crippen LogP contribution in [0.3, 0.4) is 0 Å². The summed E-state index contributed by atoms with van der Waals surface area (Å²) in [6, 6.07) is 21.0. The molecule has 3 aromatic rings. The fraction of sp³-hybridized carbons (Fsp3) is 0.381. The third-order valence-electron chi connectivity index (χ3n) is 5.31. The van der Waals surface area contributed by atoms with Crippen LogP contribution in [0, 0.1) is 0 Å². The molecule has 2 aromatic carbocycles. The number of halogens is 1. The third-order valence-corrected chi connectivity index (χ3v) is 5.31. The summed E-state index contributed by atoms with van der Waals surface area (Å²) >= 11 is 0. The van der Waals surface area contributed by atoms with Gasteiger partial charge in [-0.15, -0.1) is 5.10 Å². The van der Waals surface area contributed by atoms with Crippen molar-refractivity contribution < 1.29 is 12.4 Å². The Labute approximate surface area is 172 Å². The van der Waals surface area contributed by atoms with Crippen molar-refractivity contribution in [2.45, 2.75) is 19.5 Å². The maximum absolute atomic E-state index is 4.45. The summed E-state index contributed by atoms with van der Waals surface area (Å²) in [5, 5.41) is 12.8. The standard InChI is InChI=1S/C21H26N6.ClH/c1-2-25-13-15-26(16-14-25)20(19-11-7-4-8-12-19)21-22-23-24-27(21)17-18-9-5-3-6-10-18;/h3-12,20H,2,13-17H2,1H3;1H/p-1. The highest BCUT2D eigenvalue weighted by Crippen LogP contribution is 2.28. The fourth-order valence-corrected chi connectivity index (χ4v) is 3.77. The molecule has 1 aromatic heterocycles. The van der Waals surface area contributed by atoms with Crippen LogP contribution < -0.4 is 12.4 Å². The minimum Gasteiger partial charge on any atom is -1.00 e. The molecule has 0 N–H and O–H groups in total. The molecule has 0 radical (unpaired) electrons. The number of hydrogen-bond donors (Lipinski definition) is 0. The first-order valence-electron chi connectivity index (χ1n) is 9.66. The van der Waals surface area contributed by atoms with E-state index in [9.17, 15) is 0 Å². The first kappa shape index (κ1) is 20.5. The van der Waals surface area contributed by atoms with E-state index in [4.69, 9.17) is 0 Å². The Balaban J connectivity index is 0.00000225. The second kappa shape index (κ2) is 9.78. The Morgan fingerprint density at radius 2 is 1.54 bits per heavy atom. The van der Waals surface area contributed by atoms with Crippen LogP contribution in [0.25, 0.3) is 0 Å². The fourth-order valence-electron chi connectivity index (χ4n) is 3.77. The quantitative estimate of drug-likeness (QED) is 0.559. The van der Waals surface area contributed by atoms with Gasteiger partial charge in [0.25, 0.3) is 0 Å². The molecule has 1 aliphatic rings. The summed E-state index contributed by atoms with van der Waals surface area (Å²) < 4.78 is 1.94. The van der Waals surface area contributed by atoms with Crippen LogP contribution in [0.1, 0.15) is 29.9 Å². The van der Waals surface area contributed by atoms with Gasteiger partial charge >= 0.3 is 0 Å². The molecule has 1 unspecified atom stereocenters. The van der Waals surface area contributed by atoms with E-state index in [1.807, 2.05) is 10.7 Å². The van der Waals surface area contributed by atoms with Gasteiger partial charge in [-0.05, 0) is 28.1 Å². The molecule has 28 heavy (non-hydrogen) atoms. The molecule has 1 atom stereocenters. The number of nitrogens with zero attached hydrogens (tertiary/aromatic N) is 6. The van der Waals surface area contributed by atoms with Crippen molar-refractivity contribution in [3.63, 3.8) is 0 Å². The smallest absolute Gasteiger partial charge is 0.173 e. The Kier molecular flexibility index (Phi) is 7.14.